The largest absolute Gasteiger partial charge is 0.489 e. The molecule has 0 saturated heterocycles. The second kappa shape index (κ2) is 8.77. The molecule has 2 N–H and O–H groups in total. The molecule has 0 unspecified atom stereocenters. The quantitative estimate of drug-likeness (QED) is 0.707. The smallest absolute Gasteiger partial charge is 0.243 e. The van der Waals surface area contributed by atoms with Crippen molar-refractivity contribution in [2.75, 3.05) is 23.8 Å². The van der Waals surface area contributed by atoms with Gasteiger partial charge in [-0.2, -0.15) is 0 Å². The average Bonchev–Trinajstić information content (AvgIpc) is 2.58. The highest BCUT2D eigenvalue weighted by atomic mass is 16.5. The van der Waals surface area contributed by atoms with Gasteiger partial charge in [0, 0.05) is 17.4 Å². The number of nitrogens with one attached hydrogen (secondary N) is 2. The van der Waals surface area contributed by atoms with Crippen molar-refractivity contribution in [2.24, 2.45) is 0 Å². The molecule has 1 amide bonds. The van der Waals surface area contributed by atoms with Gasteiger partial charge in [-0.05, 0) is 29.7 Å². The molecule has 126 valence electrons. The second-order valence-electron chi connectivity index (χ2n) is 5.77. The third-order valence-corrected chi connectivity index (χ3v) is 3.51. The highest BCUT2D eigenvalue weighted by Gasteiger charge is 2.08. The van der Waals surface area contributed by atoms with E-state index in [0.717, 1.165) is 5.69 Å². The number of anilines is 2. The van der Waals surface area contributed by atoms with Crippen molar-refractivity contribution in [3.8, 4) is 5.75 Å². The van der Waals surface area contributed by atoms with Gasteiger partial charge in [-0.3, -0.25) is 4.79 Å². The normalized spacial score (nSPS) is 10.3. The van der Waals surface area contributed by atoms with Crippen LogP contribution in [-0.2, 0) is 4.79 Å². The third-order valence-electron chi connectivity index (χ3n) is 3.51. The molecule has 0 radical (unpaired) electrons. The first-order chi connectivity index (χ1) is 11.6. The van der Waals surface area contributed by atoms with E-state index in [2.05, 4.69) is 37.1 Å². The summed E-state index contributed by atoms with van der Waals surface area (Å²) in [4.78, 5) is 12.2. The molecule has 4 heteroatoms. The second-order valence-corrected chi connectivity index (χ2v) is 5.77. The standard InChI is InChI=1S/C20H24N2O2/c1-4-12-24-17-9-7-8-16(13-17)22-20(23)14-21-19-11-6-5-10-18(19)15(2)3/h4-11,13,15,21H,1,12,14H2,2-3H3,(H,22,23). The summed E-state index contributed by atoms with van der Waals surface area (Å²) in [5.74, 6) is 0.996. The minimum atomic E-state index is -0.102. The molecule has 0 spiro atoms. The van der Waals surface area contributed by atoms with Gasteiger partial charge in [-0.25, -0.2) is 0 Å². The summed E-state index contributed by atoms with van der Waals surface area (Å²) in [6.45, 7) is 8.53. The predicted octanol–water partition coefficient (Wildman–Crippen LogP) is 4.43. The van der Waals surface area contributed by atoms with Crippen LogP contribution in [0.15, 0.2) is 61.2 Å². The number of amides is 1. The van der Waals surface area contributed by atoms with Gasteiger partial charge < -0.3 is 15.4 Å². The number of rotatable bonds is 8. The van der Waals surface area contributed by atoms with E-state index in [4.69, 9.17) is 4.74 Å². The van der Waals surface area contributed by atoms with Crippen molar-refractivity contribution < 1.29 is 9.53 Å². The van der Waals surface area contributed by atoms with Crippen molar-refractivity contribution in [1.82, 2.24) is 0 Å². The molecule has 0 saturated carbocycles. The van der Waals surface area contributed by atoms with Gasteiger partial charge in [0.1, 0.15) is 12.4 Å². The Labute approximate surface area is 143 Å². The first-order valence-corrected chi connectivity index (χ1v) is 8.06. The molecule has 0 aliphatic rings. The Morgan fingerprint density at radius 1 is 1.21 bits per heavy atom. The Kier molecular flexibility index (Phi) is 6.43. The Bertz CT molecular complexity index is 696. The Morgan fingerprint density at radius 3 is 2.75 bits per heavy atom. The van der Waals surface area contributed by atoms with E-state index in [1.807, 2.05) is 36.4 Å². The Balaban J connectivity index is 1.93. The van der Waals surface area contributed by atoms with E-state index in [1.165, 1.54) is 5.56 Å². The van der Waals surface area contributed by atoms with Gasteiger partial charge in [-0.15, -0.1) is 0 Å². The van der Waals surface area contributed by atoms with Crippen LogP contribution < -0.4 is 15.4 Å². The maximum atomic E-state index is 12.2. The first kappa shape index (κ1) is 17.6. The summed E-state index contributed by atoms with van der Waals surface area (Å²) >= 11 is 0. The van der Waals surface area contributed by atoms with E-state index >= 15 is 0 Å². The highest BCUT2D eigenvalue weighted by molar-refractivity contribution is 5.94. The molecule has 0 fully saturated rings. The van der Waals surface area contributed by atoms with E-state index in [1.54, 1.807) is 12.1 Å². The molecular weight excluding hydrogens is 300 g/mol. The van der Waals surface area contributed by atoms with Gasteiger partial charge in [0.05, 0.1) is 6.54 Å². The van der Waals surface area contributed by atoms with Gasteiger partial charge in [0.25, 0.3) is 0 Å². The van der Waals surface area contributed by atoms with Crippen LogP contribution in [0.2, 0.25) is 0 Å². The fourth-order valence-corrected chi connectivity index (χ4v) is 2.36. The molecule has 24 heavy (non-hydrogen) atoms. The molecule has 0 aromatic heterocycles. The molecule has 0 bridgehead atoms. The number of carbonyl (C=O) groups is 1. The SMILES string of the molecule is C=CCOc1cccc(NC(=O)CNc2ccccc2C(C)C)c1. The summed E-state index contributed by atoms with van der Waals surface area (Å²) in [7, 11) is 0. The van der Waals surface area contributed by atoms with Gasteiger partial charge >= 0.3 is 0 Å². The zero-order valence-corrected chi connectivity index (χ0v) is 14.2. The van der Waals surface area contributed by atoms with Crippen LogP contribution in [0.25, 0.3) is 0 Å². The first-order valence-electron chi connectivity index (χ1n) is 8.06. The minimum absolute atomic E-state index is 0.102. The minimum Gasteiger partial charge on any atom is -0.489 e. The van der Waals surface area contributed by atoms with Crippen molar-refractivity contribution >= 4 is 17.3 Å². The molecule has 2 aromatic carbocycles. The van der Waals surface area contributed by atoms with Gasteiger partial charge in [0.15, 0.2) is 0 Å². The van der Waals surface area contributed by atoms with Crippen LogP contribution >= 0.6 is 0 Å². The lowest BCUT2D eigenvalue weighted by atomic mass is 10.0. The van der Waals surface area contributed by atoms with Crippen LogP contribution in [0, 0.1) is 0 Å². The third kappa shape index (κ3) is 5.16. The number of hydrogen-bond acceptors (Lipinski definition) is 3. The van der Waals surface area contributed by atoms with Gasteiger partial charge in [0.2, 0.25) is 5.91 Å². The zero-order chi connectivity index (χ0) is 17.4. The van der Waals surface area contributed by atoms with Crippen LogP contribution in [0.5, 0.6) is 5.75 Å². The van der Waals surface area contributed by atoms with Crippen molar-refractivity contribution in [3.63, 3.8) is 0 Å². The maximum Gasteiger partial charge on any atom is 0.243 e. The molecule has 0 aliphatic heterocycles. The van der Waals surface area contributed by atoms with E-state index in [0.29, 0.717) is 24.0 Å². The van der Waals surface area contributed by atoms with Crippen molar-refractivity contribution in [3.05, 3.63) is 66.7 Å². The molecule has 4 nitrogen and oxygen atoms in total. The monoisotopic (exact) mass is 324 g/mol. The van der Waals surface area contributed by atoms with Crippen LogP contribution in [0.1, 0.15) is 25.3 Å². The zero-order valence-electron chi connectivity index (χ0n) is 14.2. The molecule has 2 aromatic rings. The topological polar surface area (TPSA) is 50.4 Å². The number of benzene rings is 2. The van der Waals surface area contributed by atoms with Crippen molar-refractivity contribution in [2.45, 2.75) is 19.8 Å². The van der Waals surface area contributed by atoms with Crippen LogP contribution in [0.4, 0.5) is 11.4 Å². The molecule has 0 heterocycles. The van der Waals surface area contributed by atoms with Gasteiger partial charge in [-0.1, -0.05) is 50.8 Å². The summed E-state index contributed by atoms with van der Waals surface area (Å²) in [5, 5.41) is 6.08. The predicted molar refractivity (Wildman–Crippen MR) is 99.8 cm³/mol. The van der Waals surface area contributed by atoms with Crippen molar-refractivity contribution in [1.29, 1.82) is 0 Å². The number of carbonyl (C=O) groups excluding carboxylic acids is 1. The maximum absolute atomic E-state index is 12.2. The molecule has 0 aliphatic carbocycles. The molecular formula is C20H24N2O2. The molecule has 0 atom stereocenters. The summed E-state index contributed by atoms with van der Waals surface area (Å²) in [6.07, 6.45) is 1.68. The lowest BCUT2D eigenvalue weighted by Gasteiger charge is -2.14. The summed E-state index contributed by atoms with van der Waals surface area (Å²) in [5.41, 5.74) is 2.90. The fraction of sp³-hybridized carbons (Fsp3) is 0.250. The Morgan fingerprint density at radius 2 is 2.00 bits per heavy atom. The summed E-state index contributed by atoms with van der Waals surface area (Å²) in [6, 6.07) is 15.4. The van der Waals surface area contributed by atoms with E-state index in [9.17, 15) is 4.79 Å². The number of ether oxygens (including phenoxy) is 1. The average molecular weight is 324 g/mol. The van der Waals surface area contributed by atoms with E-state index < -0.39 is 0 Å². The Hall–Kier alpha value is -2.75. The number of hydrogen-bond donors (Lipinski definition) is 2. The summed E-state index contributed by atoms with van der Waals surface area (Å²) < 4.78 is 5.46. The highest BCUT2D eigenvalue weighted by Crippen LogP contribution is 2.23. The molecule has 2 rings (SSSR count). The van der Waals surface area contributed by atoms with E-state index in [-0.39, 0.29) is 12.5 Å². The fourth-order valence-electron chi connectivity index (χ4n) is 2.36. The number of para-hydroxylation sites is 1. The van der Waals surface area contributed by atoms with Crippen LogP contribution in [0.3, 0.4) is 0 Å². The lowest BCUT2D eigenvalue weighted by Crippen LogP contribution is -2.22. The van der Waals surface area contributed by atoms with Crippen LogP contribution in [-0.4, -0.2) is 19.1 Å². The lowest BCUT2D eigenvalue weighted by molar-refractivity contribution is -0.114.